The fourth-order valence-corrected chi connectivity index (χ4v) is 3.08. The number of rotatable bonds is 2. The van der Waals surface area contributed by atoms with E-state index in [0.717, 1.165) is 48.4 Å². The highest BCUT2D eigenvalue weighted by molar-refractivity contribution is 5.85. The maximum absolute atomic E-state index is 11.5. The van der Waals surface area contributed by atoms with Crippen LogP contribution in [0.3, 0.4) is 0 Å². The van der Waals surface area contributed by atoms with Gasteiger partial charge in [0, 0.05) is 18.5 Å². The number of carbonyl (C=O) groups is 1. The Morgan fingerprint density at radius 1 is 1.35 bits per heavy atom. The molecular formula is C17H20N2O. The highest BCUT2D eigenvalue weighted by Gasteiger charge is 2.23. The minimum atomic E-state index is 0.649. The summed E-state index contributed by atoms with van der Waals surface area (Å²) in [7, 11) is 0. The van der Waals surface area contributed by atoms with Crippen molar-refractivity contribution in [3.63, 3.8) is 0 Å². The van der Waals surface area contributed by atoms with Crippen molar-refractivity contribution in [3.05, 3.63) is 40.8 Å². The van der Waals surface area contributed by atoms with Gasteiger partial charge in [-0.3, -0.25) is 4.79 Å². The van der Waals surface area contributed by atoms with E-state index >= 15 is 0 Å². The molecule has 0 saturated carbocycles. The first-order chi connectivity index (χ1) is 9.60. The van der Waals surface area contributed by atoms with Crippen molar-refractivity contribution < 1.29 is 4.79 Å². The first-order valence-corrected chi connectivity index (χ1v) is 7.22. The topological polar surface area (TPSA) is 34.9 Å². The summed E-state index contributed by atoms with van der Waals surface area (Å²) in [4.78, 5) is 16.3. The summed E-state index contributed by atoms with van der Waals surface area (Å²) in [6, 6.07) is 6.30. The van der Waals surface area contributed by atoms with Crippen LogP contribution >= 0.6 is 0 Å². The Morgan fingerprint density at radius 3 is 2.85 bits per heavy atom. The summed E-state index contributed by atoms with van der Waals surface area (Å²) < 4.78 is 2.10. The smallest absolute Gasteiger partial charge is 0.168 e. The lowest BCUT2D eigenvalue weighted by Gasteiger charge is -2.20. The third-order valence-electron chi connectivity index (χ3n) is 4.21. The first-order valence-electron chi connectivity index (χ1n) is 7.22. The summed E-state index contributed by atoms with van der Waals surface area (Å²) in [5.41, 5.74) is 5.07. The molecule has 0 N–H and O–H groups in total. The molecule has 0 bridgehead atoms. The average Bonchev–Trinajstić information content (AvgIpc) is 2.75. The molecule has 104 valence electrons. The summed E-state index contributed by atoms with van der Waals surface area (Å²) >= 11 is 0. The Balaban J connectivity index is 2.16. The second-order valence-electron chi connectivity index (χ2n) is 5.95. The van der Waals surface area contributed by atoms with E-state index in [1.165, 1.54) is 11.1 Å². The van der Waals surface area contributed by atoms with E-state index in [4.69, 9.17) is 4.98 Å². The molecule has 3 nitrogen and oxygen atoms in total. The zero-order valence-electron chi connectivity index (χ0n) is 12.3. The van der Waals surface area contributed by atoms with Crippen LogP contribution in [0.1, 0.15) is 40.8 Å². The highest BCUT2D eigenvalue weighted by Crippen LogP contribution is 2.30. The Kier molecular flexibility index (Phi) is 3.20. The lowest BCUT2D eigenvalue weighted by atomic mass is 10.0. The summed E-state index contributed by atoms with van der Waals surface area (Å²) in [6.45, 7) is 7.31. The van der Waals surface area contributed by atoms with Gasteiger partial charge in [-0.25, -0.2) is 4.98 Å². The van der Waals surface area contributed by atoms with Gasteiger partial charge < -0.3 is 4.57 Å². The molecule has 1 atom stereocenters. The van der Waals surface area contributed by atoms with Crippen molar-refractivity contribution in [1.82, 2.24) is 9.55 Å². The van der Waals surface area contributed by atoms with E-state index in [1.807, 2.05) is 0 Å². The molecule has 1 aromatic heterocycles. The number of fused-ring (bicyclic) bond motifs is 1. The lowest BCUT2D eigenvalue weighted by molar-refractivity contribution is 0.111. The molecule has 3 heteroatoms. The van der Waals surface area contributed by atoms with Crippen LogP contribution in [0.5, 0.6) is 0 Å². The minimum absolute atomic E-state index is 0.649. The molecule has 0 spiro atoms. The predicted octanol–water partition coefficient (Wildman–Crippen LogP) is 3.56. The van der Waals surface area contributed by atoms with Gasteiger partial charge >= 0.3 is 0 Å². The average molecular weight is 268 g/mol. The monoisotopic (exact) mass is 268 g/mol. The van der Waals surface area contributed by atoms with Gasteiger partial charge in [-0.2, -0.15) is 0 Å². The fraction of sp³-hybridized carbons (Fsp3) is 0.412. The summed E-state index contributed by atoms with van der Waals surface area (Å²) in [5, 5.41) is 0. The maximum Gasteiger partial charge on any atom is 0.168 e. The molecule has 1 aromatic carbocycles. The molecule has 0 aliphatic carbocycles. The highest BCUT2D eigenvalue weighted by atomic mass is 16.1. The van der Waals surface area contributed by atoms with Gasteiger partial charge in [-0.15, -0.1) is 0 Å². The number of hydrogen-bond donors (Lipinski definition) is 0. The first kappa shape index (κ1) is 13.1. The predicted molar refractivity (Wildman–Crippen MR) is 80.0 cm³/mol. The van der Waals surface area contributed by atoms with Gasteiger partial charge in [0.1, 0.15) is 11.5 Å². The summed E-state index contributed by atoms with van der Waals surface area (Å²) in [6.07, 6.45) is 3.05. The number of imidazole rings is 1. The molecule has 20 heavy (non-hydrogen) atoms. The van der Waals surface area contributed by atoms with Gasteiger partial charge in [0.15, 0.2) is 6.29 Å². The lowest BCUT2D eigenvalue weighted by Crippen LogP contribution is -2.18. The van der Waals surface area contributed by atoms with Crippen LogP contribution in [0.25, 0.3) is 11.3 Å². The van der Waals surface area contributed by atoms with Crippen molar-refractivity contribution in [2.45, 2.75) is 40.2 Å². The standard InChI is InChI=1S/C17H20N2O/c1-11-4-5-14(13(3)8-11)17-15(10-20)19-7-6-12(2)9-16(19)18-17/h4-5,8,10,12H,6-7,9H2,1-3H3. The van der Waals surface area contributed by atoms with Crippen LogP contribution in [-0.4, -0.2) is 15.8 Å². The molecule has 2 aromatic rings. The third kappa shape index (κ3) is 2.07. The van der Waals surface area contributed by atoms with E-state index in [-0.39, 0.29) is 0 Å². The Labute approximate surface area is 119 Å². The molecule has 0 saturated heterocycles. The quantitative estimate of drug-likeness (QED) is 0.780. The van der Waals surface area contributed by atoms with E-state index in [9.17, 15) is 4.79 Å². The fourth-order valence-electron chi connectivity index (χ4n) is 3.08. The van der Waals surface area contributed by atoms with Crippen LogP contribution < -0.4 is 0 Å². The number of aromatic nitrogens is 2. The van der Waals surface area contributed by atoms with E-state index in [1.54, 1.807) is 0 Å². The third-order valence-corrected chi connectivity index (χ3v) is 4.21. The van der Waals surface area contributed by atoms with Crippen molar-refractivity contribution in [1.29, 1.82) is 0 Å². The van der Waals surface area contributed by atoms with Crippen molar-refractivity contribution in [2.24, 2.45) is 5.92 Å². The molecule has 0 fully saturated rings. The molecule has 3 rings (SSSR count). The number of carbonyl (C=O) groups excluding carboxylic acids is 1. The molecular weight excluding hydrogens is 248 g/mol. The van der Waals surface area contributed by atoms with Crippen LogP contribution in [0.2, 0.25) is 0 Å². The zero-order chi connectivity index (χ0) is 14.3. The zero-order valence-corrected chi connectivity index (χ0v) is 12.3. The van der Waals surface area contributed by atoms with Gasteiger partial charge in [0.2, 0.25) is 0 Å². The number of aldehydes is 1. The number of hydrogen-bond acceptors (Lipinski definition) is 2. The molecule has 1 aliphatic heterocycles. The van der Waals surface area contributed by atoms with E-state index in [2.05, 4.69) is 43.5 Å². The molecule has 1 unspecified atom stereocenters. The SMILES string of the molecule is Cc1ccc(-c2nc3n(c2C=O)CCC(C)C3)c(C)c1. The Bertz CT molecular complexity index is 670. The van der Waals surface area contributed by atoms with Crippen LogP contribution in [0.4, 0.5) is 0 Å². The van der Waals surface area contributed by atoms with Gasteiger partial charge in [-0.05, 0) is 31.7 Å². The molecule has 2 heterocycles. The second kappa shape index (κ2) is 4.89. The van der Waals surface area contributed by atoms with Crippen molar-refractivity contribution in [2.75, 3.05) is 0 Å². The van der Waals surface area contributed by atoms with Gasteiger partial charge in [-0.1, -0.05) is 30.7 Å². The number of aryl methyl sites for hydroxylation is 2. The van der Waals surface area contributed by atoms with Crippen LogP contribution in [0.15, 0.2) is 18.2 Å². The number of benzene rings is 1. The van der Waals surface area contributed by atoms with Crippen LogP contribution in [0, 0.1) is 19.8 Å². The molecule has 0 amide bonds. The second-order valence-corrected chi connectivity index (χ2v) is 5.95. The minimum Gasteiger partial charge on any atom is -0.325 e. The Morgan fingerprint density at radius 2 is 2.15 bits per heavy atom. The molecule has 1 aliphatic rings. The van der Waals surface area contributed by atoms with Gasteiger partial charge in [0.05, 0.1) is 5.69 Å². The normalized spacial score (nSPS) is 17.9. The van der Waals surface area contributed by atoms with E-state index < -0.39 is 0 Å². The Hall–Kier alpha value is -1.90. The van der Waals surface area contributed by atoms with Crippen molar-refractivity contribution in [3.8, 4) is 11.3 Å². The largest absolute Gasteiger partial charge is 0.325 e. The van der Waals surface area contributed by atoms with Crippen molar-refractivity contribution >= 4 is 6.29 Å². The van der Waals surface area contributed by atoms with Gasteiger partial charge in [0.25, 0.3) is 0 Å². The maximum atomic E-state index is 11.5. The summed E-state index contributed by atoms with van der Waals surface area (Å²) in [5.74, 6) is 1.71. The molecule has 0 radical (unpaired) electrons. The van der Waals surface area contributed by atoms with E-state index in [0.29, 0.717) is 5.92 Å². The van der Waals surface area contributed by atoms with Crippen LogP contribution in [-0.2, 0) is 13.0 Å². The number of nitrogens with zero attached hydrogens (tertiary/aromatic N) is 2.